The molecule has 0 spiro atoms. The fourth-order valence-electron chi connectivity index (χ4n) is 1.40. The van der Waals surface area contributed by atoms with E-state index in [4.69, 9.17) is 23.7 Å². The lowest BCUT2D eigenvalue weighted by Gasteiger charge is -2.34. The highest BCUT2D eigenvalue weighted by Gasteiger charge is 2.43. The lowest BCUT2D eigenvalue weighted by molar-refractivity contribution is -0.274. The van der Waals surface area contributed by atoms with Gasteiger partial charge >= 0.3 is 0 Å². The van der Waals surface area contributed by atoms with Gasteiger partial charge in [0.25, 0.3) is 0 Å². The molecule has 0 radical (unpaired) electrons. The van der Waals surface area contributed by atoms with E-state index in [1.807, 2.05) is 6.92 Å². The first kappa shape index (κ1) is 11.9. The Hall–Kier alpha value is -0.200. The van der Waals surface area contributed by atoms with Gasteiger partial charge in [-0.2, -0.15) is 0 Å². The van der Waals surface area contributed by atoms with Crippen LogP contribution < -0.4 is 0 Å². The first-order valence-electron chi connectivity index (χ1n) is 4.47. The Morgan fingerprint density at radius 1 is 1.29 bits per heavy atom. The Labute approximate surface area is 84.2 Å². The Morgan fingerprint density at radius 2 is 1.93 bits per heavy atom. The minimum absolute atomic E-state index is 0.247. The van der Waals surface area contributed by atoms with E-state index >= 15 is 0 Å². The Balaban J connectivity index is 2.63. The quantitative estimate of drug-likeness (QED) is 0.621. The molecule has 1 saturated heterocycles. The molecular weight excluding hydrogens is 188 g/mol. The molecule has 0 aromatic rings. The van der Waals surface area contributed by atoms with Gasteiger partial charge in [-0.1, -0.05) is 0 Å². The van der Waals surface area contributed by atoms with Crippen molar-refractivity contribution in [1.82, 2.24) is 0 Å². The van der Waals surface area contributed by atoms with Crippen LogP contribution in [0.2, 0.25) is 0 Å². The summed E-state index contributed by atoms with van der Waals surface area (Å²) in [4.78, 5) is 0. The fraction of sp³-hybridized carbons (Fsp3) is 1.00. The molecule has 0 saturated carbocycles. The molecule has 0 bridgehead atoms. The molecular formula is C9H18O5. The lowest BCUT2D eigenvalue weighted by atomic mass is 10.1. The van der Waals surface area contributed by atoms with Gasteiger partial charge in [0.2, 0.25) is 0 Å². The van der Waals surface area contributed by atoms with Crippen molar-refractivity contribution in [1.29, 1.82) is 0 Å². The van der Waals surface area contributed by atoms with E-state index < -0.39 is 11.6 Å². The van der Waals surface area contributed by atoms with E-state index in [0.29, 0.717) is 13.0 Å². The zero-order valence-electron chi connectivity index (χ0n) is 9.16. The lowest BCUT2D eigenvalue weighted by Crippen LogP contribution is -2.45. The van der Waals surface area contributed by atoms with Gasteiger partial charge in [-0.15, -0.1) is 0 Å². The number of hydrogen-bond acceptors (Lipinski definition) is 5. The van der Waals surface area contributed by atoms with Crippen molar-refractivity contribution >= 4 is 0 Å². The number of methoxy groups -OCH3 is 3. The monoisotopic (exact) mass is 206 g/mol. The third-order valence-electron chi connectivity index (χ3n) is 2.55. The smallest absolute Gasteiger partial charge is 0.199 e. The maximum Gasteiger partial charge on any atom is 0.199 e. The number of rotatable bonds is 5. The predicted octanol–water partition coefficient (Wildman–Crippen LogP) is 0.732. The van der Waals surface area contributed by atoms with Crippen LogP contribution >= 0.6 is 0 Å². The van der Waals surface area contributed by atoms with Gasteiger partial charge in [0.15, 0.2) is 18.4 Å². The van der Waals surface area contributed by atoms with Crippen molar-refractivity contribution in [3.63, 3.8) is 0 Å². The summed E-state index contributed by atoms with van der Waals surface area (Å²) in [7, 11) is 4.76. The van der Waals surface area contributed by atoms with Crippen molar-refractivity contribution in [3.05, 3.63) is 0 Å². The summed E-state index contributed by atoms with van der Waals surface area (Å²) >= 11 is 0. The SMILES string of the molecule is COC(C)(CC1(OC)COCO1)OC. The first-order chi connectivity index (χ1) is 6.60. The van der Waals surface area contributed by atoms with Crippen LogP contribution in [0.3, 0.4) is 0 Å². The van der Waals surface area contributed by atoms with Crippen LogP contribution in [0.15, 0.2) is 0 Å². The average molecular weight is 206 g/mol. The second-order valence-electron chi connectivity index (χ2n) is 3.44. The summed E-state index contributed by atoms with van der Waals surface area (Å²) < 4.78 is 26.3. The minimum Gasteiger partial charge on any atom is -0.353 e. The Kier molecular flexibility index (Phi) is 3.86. The molecule has 0 aromatic heterocycles. The minimum atomic E-state index is -0.749. The molecule has 1 atom stereocenters. The predicted molar refractivity (Wildman–Crippen MR) is 48.7 cm³/mol. The topological polar surface area (TPSA) is 46.2 Å². The first-order valence-corrected chi connectivity index (χ1v) is 4.47. The zero-order chi connectivity index (χ0) is 10.7. The van der Waals surface area contributed by atoms with Crippen molar-refractivity contribution < 1.29 is 23.7 Å². The zero-order valence-corrected chi connectivity index (χ0v) is 9.16. The van der Waals surface area contributed by atoms with Crippen LogP contribution in [0.4, 0.5) is 0 Å². The summed E-state index contributed by atoms with van der Waals surface area (Å²) in [5.74, 6) is -1.47. The normalized spacial score (nSPS) is 28.3. The molecule has 0 aromatic carbocycles. The van der Waals surface area contributed by atoms with Crippen molar-refractivity contribution in [2.24, 2.45) is 0 Å². The van der Waals surface area contributed by atoms with Gasteiger partial charge in [-0.3, -0.25) is 0 Å². The van der Waals surface area contributed by atoms with E-state index in [-0.39, 0.29) is 6.79 Å². The second kappa shape index (κ2) is 4.55. The van der Waals surface area contributed by atoms with Crippen LogP contribution in [-0.2, 0) is 23.7 Å². The molecule has 84 valence electrons. The van der Waals surface area contributed by atoms with Gasteiger partial charge in [0.05, 0.1) is 6.42 Å². The molecule has 0 N–H and O–H groups in total. The van der Waals surface area contributed by atoms with Crippen LogP contribution in [0.5, 0.6) is 0 Å². The molecule has 0 amide bonds. The highest BCUT2D eigenvalue weighted by atomic mass is 16.8. The summed E-state index contributed by atoms with van der Waals surface area (Å²) in [6.07, 6.45) is 0.462. The highest BCUT2D eigenvalue weighted by Crippen LogP contribution is 2.31. The van der Waals surface area contributed by atoms with Gasteiger partial charge in [0.1, 0.15) is 6.61 Å². The standard InChI is InChI=1S/C9H18O5/c1-8(10-2,11-3)5-9(12-4)6-13-7-14-9/h5-7H2,1-4H3. The van der Waals surface area contributed by atoms with Crippen LogP contribution in [0.25, 0.3) is 0 Å². The van der Waals surface area contributed by atoms with Gasteiger partial charge in [0, 0.05) is 21.3 Å². The molecule has 0 aliphatic carbocycles. The van der Waals surface area contributed by atoms with E-state index in [0.717, 1.165) is 0 Å². The second-order valence-corrected chi connectivity index (χ2v) is 3.44. The molecule has 5 nitrogen and oxygen atoms in total. The van der Waals surface area contributed by atoms with E-state index in [1.54, 1.807) is 21.3 Å². The molecule has 1 unspecified atom stereocenters. The third kappa shape index (κ3) is 2.43. The van der Waals surface area contributed by atoms with Crippen molar-refractivity contribution in [2.45, 2.75) is 24.9 Å². The fourth-order valence-corrected chi connectivity index (χ4v) is 1.40. The summed E-state index contributed by atoms with van der Waals surface area (Å²) in [5, 5.41) is 0. The summed E-state index contributed by atoms with van der Waals surface area (Å²) in [6, 6.07) is 0. The van der Waals surface area contributed by atoms with Gasteiger partial charge in [-0.05, 0) is 6.92 Å². The Bertz CT molecular complexity index is 172. The molecule has 1 rings (SSSR count). The Morgan fingerprint density at radius 3 is 2.29 bits per heavy atom. The maximum atomic E-state index is 5.38. The molecule has 1 heterocycles. The third-order valence-corrected chi connectivity index (χ3v) is 2.55. The number of ether oxygens (including phenoxy) is 5. The number of hydrogen-bond donors (Lipinski definition) is 0. The molecule has 5 heteroatoms. The molecule has 14 heavy (non-hydrogen) atoms. The van der Waals surface area contributed by atoms with E-state index in [2.05, 4.69) is 0 Å². The van der Waals surface area contributed by atoms with Crippen LogP contribution in [0, 0.1) is 0 Å². The van der Waals surface area contributed by atoms with E-state index in [9.17, 15) is 0 Å². The van der Waals surface area contributed by atoms with Crippen LogP contribution in [-0.4, -0.2) is 46.3 Å². The van der Waals surface area contributed by atoms with Crippen molar-refractivity contribution in [2.75, 3.05) is 34.7 Å². The molecule has 1 aliphatic rings. The van der Waals surface area contributed by atoms with Crippen LogP contribution in [0.1, 0.15) is 13.3 Å². The summed E-state index contributed by atoms with van der Waals surface area (Å²) in [6.45, 7) is 2.47. The maximum absolute atomic E-state index is 5.38. The summed E-state index contributed by atoms with van der Waals surface area (Å²) in [5.41, 5.74) is 0. The average Bonchev–Trinajstić information content (AvgIpc) is 2.67. The molecule has 1 fully saturated rings. The van der Waals surface area contributed by atoms with E-state index in [1.165, 1.54) is 0 Å². The molecule has 1 aliphatic heterocycles. The van der Waals surface area contributed by atoms with Crippen molar-refractivity contribution in [3.8, 4) is 0 Å². The highest BCUT2D eigenvalue weighted by molar-refractivity contribution is 4.79. The van der Waals surface area contributed by atoms with Gasteiger partial charge < -0.3 is 23.7 Å². The van der Waals surface area contributed by atoms with Gasteiger partial charge in [-0.25, -0.2) is 0 Å². The largest absolute Gasteiger partial charge is 0.353 e.